The number of carbonyl (C=O) groups excluding carboxylic acids is 1. The molecular formula is C12H14BrN3O4. The number of benzene rings is 1. The average molecular weight is 344 g/mol. The highest BCUT2D eigenvalue weighted by atomic mass is 79.9. The number of nitrogens with one attached hydrogen (secondary N) is 2. The fourth-order valence-electron chi connectivity index (χ4n) is 2.09. The van der Waals surface area contributed by atoms with E-state index in [0.29, 0.717) is 17.6 Å². The standard InChI is InChI=1S/C12H14BrN3O4/c1-20-11-6-14-5-10(11)15-12(17)8-4-7(16(18)19)2-3-9(8)13/h2-4,10-11,14H,5-6H2,1H3,(H,15,17)/t10?,11-/m0/s1. The van der Waals surface area contributed by atoms with Crippen LogP contribution < -0.4 is 10.6 Å². The molecule has 0 bridgehead atoms. The minimum Gasteiger partial charge on any atom is -0.378 e. The number of non-ortho nitro benzene ring substituents is 1. The lowest BCUT2D eigenvalue weighted by molar-refractivity contribution is -0.384. The van der Waals surface area contributed by atoms with E-state index in [9.17, 15) is 14.9 Å². The Hall–Kier alpha value is -1.51. The van der Waals surface area contributed by atoms with Crippen LogP contribution in [0.15, 0.2) is 22.7 Å². The fraction of sp³-hybridized carbons (Fsp3) is 0.417. The SMILES string of the molecule is CO[C@H]1CNCC1NC(=O)c1cc([N+](=O)[O-])ccc1Br. The first-order valence-corrected chi connectivity index (χ1v) is 6.80. The lowest BCUT2D eigenvalue weighted by Gasteiger charge is -2.18. The Balaban J connectivity index is 2.16. The van der Waals surface area contributed by atoms with Crippen molar-refractivity contribution in [1.29, 1.82) is 0 Å². The fourth-order valence-corrected chi connectivity index (χ4v) is 2.52. The molecule has 1 amide bonds. The first-order chi connectivity index (χ1) is 9.52. The zero-order valence-corrected chi connectivity index (χ0v) is 12.3. The second-order valence-electron chi connectivity index (χ2n) is 4.43. The van der Waals surface area contributed by atoms with Crippen molar-refractivity contribution in [3.05, 3.63) is 38.3 Å². The highest BCUT2D eigenvalue weighted by molar-refractivity contribution is 9.10. The Labute approximate surface area is 124 Å². The zero-order chi connectivity index (χ0) is 14.7. The van der Waals surface area contributed by atoms with E-state index < -0.39 is 4.92 Å². The topological polar surface area (TPSA) is 93.5 Å². The van der Waals surface area contributed by atoms with Crippen molar-refractivity contribution in [3.8, 4) is 0 Å². The van der Waals surface area contributed by atoms with E-state index in [4.69, 9.17) is 4.74 Å². The first-order valence-electron chi connectivity index (χ1n) is 6.01. The van der Waals surface area contributed by atoms with Gasteiger partial charge in [0.05, 0.1) is 22.6 Å². The van der Waals surface area contributed by atoms with E-state index >= 15 is 0 Å². The Morgan fingerprint density at radius 3 is 2.95 bits per heavy atom. The number of halogens is 1. The van der Waals surface area contributed by atoms with Crippen molar-refractivity contribution in [1.82, 2.24) is 10.6 Å². The van der Waals surface area contributed by atoms with E-state index in [1.165, 1.54) is 18.2 Å². The summed E-state index contributed by atoms with van der Waals surface area (Å²) in [5.74, 6) is -0.365. The van der Waals surface area contributed by atoms with Crippen LogP contribution in [0.4, 0.5) is 5.69 Å². The molecule has 0 spiro atoms. The summed E-state index contributed by atoms with van der Waals surface area (Å²) >= 11 is 3.23. The van der Waals surface area contributed by atoms with Crippen LogP contribution in [-0.4, -0.2) is 43.2 Å². The second-order valence-corrected chi connectivity index (χ2v) is 5.29. The van der Waals surface area contributed by atoms with Crippen molar-refractivity contribution in [2.75, 3.05) is 20.2 Å². The van der Waals surface area contributed by atoms with Crippen LogP contribution in [-0.2, 0) is 4.74 Å². The zero-order valence-electron chi connectivity index (χ0n) is 10.8. The molecule has 1 aliphatic rings. The van der Waals surface area contributed by atoms with Gasteiger partial charge < -0.3 is 15.4 Å². The highest BCUT2D eigenvalue weighted by Gasteiger charge is 2.29. The van der Waals surface area contributed by atoms with E-state index in [2.05, 4.69) is 26.6 Å². The predicted octanol–water partition coefficient (Wildman–Crippen LogP) is 1.07. The van der Waals surface area contributed by atoms with E-state index in [1.54, 1.807) is 7.11 Å². The van der Waals surface area contributed by atoms with Crippen LogP contribution >= 0.6 is 15.9 Å². The molecule has 1 aromatic carbocycles. The van der Waals surface area contributed by atoms with Gasteiger partial charge in [-0.25, -0.2) is 0 Å². The third-order valence-corrected chi connectivity index (χ3v) is 3.87. The monoisotopic (exact) mass is 343 g/mol. The minimum absolute atomic E-state index is 0.101. The number of nitro groups is 1. The molecule has 1 saturated heterocycles. The van der Waals surface area contributed by atoms with Crippen LogP contribution in [0.2, 0.25) is 0 Å². The summed E-state index contributed by atoms with van der Waals surface area (Å²) in [7, 11) is 1.58. The lowest BCUT2D eigenvalue weighted by atomic mass is 10.1. The van der Waals surface area contributed by atoms with Gasteiger partial charge in [0, 0.05) is 36.8 Å². The maximum atomic E-state index is 12.2. The lowest BCUT2D eigenvalue weighted by Crippen LogP contribution is -2.43. The molecule has 108 valence electrons. The number of methoxy groups -OCH3 is 1. The molecule has 8 heteroatoms. The maximum absolute atomic E-state index is 12.2. The van der Waals surface area contributed by atoms with E-state index in [-0.39, 0.29) is 29.3 Å². The molecule has 1 unspecified atom stereocenters. The second kappa shape index (κ2) is 6.29. The van der Waals surface area contributed by atoms with Crippen molar-refractivity contribution < 1.29 is 14.5 Å². The third kappa shape index (κ3) is 3.14. The van der Waals surface area contributed by atoms with Gasteiger partial charge in [0.25, 0.3) is 11.6 Å². The Morgan fingerprint density at radius 1 is 1.55 bits per heavy atom. The summed E-state index contributed by atoms with van der Waals surface area (Å²) < 4.78 is 5.77. The maximum Gasteiger partial charge on any atom is 0.270 e. The molecule has 2 rings (SSSR count). The molecule has 0 aliphatic carbocycles. The van der Waals surface area contributed by atoms with Gasteiger partial charge in [-0.15, -0.1) is 0 Å². The molecule has 1 aliphatic heterocycles. The molecule has 20 heavy (non-hydrogen) atoms. The molecule has 7 nitrogen and oxygen atoms in total. The Kier molecular flexibility index (Phi) is 4.69. The smallest absolute Gasteiger partial charge is 0.270 e. The number of amides is 1. The van der Waals surface area contributed by atoms with Crippen molar-refractivity contribution in [3.63, 3.8) is 0 Å². The van der Waals surface area contributed by atoms with Crippen LogP contribution in [0.3, 0.4) is 0 Å². The van der Waals surface area contributed by atoms with E-state index in [1.807, 2.05) is 0 Å². The number of hydrogen-bond donors (Lipinski definition) is 2. The van der Waals surface area contributed by atoms with Crippen LogP contribution in [0.25, 0.3) is 0 Å². The molecular weight excluding hydrogens is 330 g/mol. The van der Waals surface area contributed by atoms with Crippen molar-refractivity contribution >= 4 is 27.5 Å². The number of ether oxygens (including phenoxy) is 1. The largest absolute Gasteiger partial charge is 0.378 e. The number of nitro benzene ring substituents is 1. The minimum atomic E-state index is -0.529. The van der Waals surface area contributed by atoms with Gasteiger partial charge in [0.2, 0.25) is 0 Å². The van der Waals surface area contributed by atoms with Gasteiger partial charge in [-0.3, -0.25) is 14.9 Å². The van der Waals surface area contributed by atoms with Crippen LogP contribution in [0.1, 0.15) is 10.4 Å². The summed E-state index contributed by atoms with van der Waals surface area (Å²) in [6.45, 7) is 1.27. The van der Waals surface area contributed by atoms with Crippen LogP contribution in [0.5, 0.6) is 0 Å². The summed E-state index contributed by atoms with van der Waals surface area (Å²) in [6.07, 6.45) is -0.101. The third-order valence-electron chi connectivity index (χ3n) is 3.18. The van der Waals surface area contributed by atoms with Gasteiger partial charge in [0.15, 0.2) is 0 Å². The van der Waals surface area contributed by atoms with E-state index in [0.717, 1.165) is 0 Å². The van der Waals surface area contributed by atoms with Gasteiger partial charge in [-0.05, 0) is 22.0 Å². The molecule has 0 aromatic heterocycles. The quantitative estimate of drug-likeness (QED) is 0.630. The van der Waals surface area contributed by atoms with Gasteiger partial charge in [-0.2, -0.15) is 0 Å². The summed E-state index contributed by atoms with van der Waals surface area (Å²) in [6, 6.07) is 3.94. The average Bonchev–Trinajstić information content (AvgIpc) is 2.86. The molecule has 1 aromatic rings. The molecule has 0 radical (unpaired) electrons. The predicted molar refractivity (Wildman–Crippen MR) is 75.7 cm³/mol. The molecule has 2 N–H and O–H groups in total. The number of rotatable bonds is 4. The first kappa shape index (κ1) is 14.9. The molecule has 1 fully saturated rings. The van der Waals surface area contributed by atoms with Gasteiger partial charge in [0.1, 0.15) is 0 Å². The summed E-state index contributed by atoms with van der Waals surface area (Å²) in [5.41, 5.74) is 0.118. The molecule has 1 heterocycles. The summed E-state index contributed by atoms with van der Waals surface area (Å²) in [4.78, 5) is 22.4. The van der Waals surface area contributed by atoms with Crippen molar-refractivity contribution in [2.45, 2.75) is 12.1 Å². The van der Waals surface area contributed by atoms with Crippen molar-refractivity contribution in [2.24, 2.45) is 0 Å². The number of carbonyl (C=O) groups is 1. The Morgan fingerprint density at radius 2 is 2.30 bits per heavy atom. The molecule has 2 atom stereocenters. The summed E-state index contributed by atoms with van der Waals surface area (Å²) in [5, 5.41) is 16.7. The number of hydrogen-bond acceptors (Lipinski definition) is 5. The van der Waals surface area contributed by atoms with Gasteiger partial charge in [-0.1, -0.05) is 0 Å². The van der Waals surface area contributed by atoms with Gasteiger partial charge >= 0.3 is 0 Å². The number of nitrogens with zero attached hydrogens (tertiary/aromatic N) is 1. The normalized spacial score (nSPS) is 21.7. The highest BCUT2D eigenvalue weighted by Crippen LogP contribution is 2.22. The Bertz CT molecular complexity index is 537. The molecule has 0 saturated carbocycles. The van der Waals surface area contributed by atoms with Crippen LogP contribution in [0, 0.1) is 10.1 Å².